The fourth-order valence-corrected chi connectivity index (χ4v) is 1.82. The van der Waals surface area contributed by atoms with E-state index in [-0.39, 0.29) is 11.4 Å². The number of rotatable bonds is 5. The molecule has 22 heavy (non-hydrogen) atoms. The molecule has 0 bridgehead atoms. The lowest BCUT2D eigenvalue weighted by Gasteiger charge is -2.13. The summed E-state index contributed by atoms with van der Waals surface area (Å²) in [4.78, 5) is 4.16. The molecule has 116 valence electrons. The molecule has 1 heterocycles. The number of alkyl halides is 2. The molecule has 0 unspecified atom stereocenters. The summed E-state index contributed by atoms with van der Waals surface area (Å²) in [7, 11) is 0. The van der Waals surface area contributed by atoms with Gasteiger partial charge in [0.05, 0.1) is 5.56 Å². The number of halogens is 2. The van der Waals surface area contributed by atoms with E-state index in [2.05, 4.69) is 20.9 Å². The van der Waals surface area contributed by atoms with Crippen LogP contribution in [0.5, 0.6) is 0 Å². The van der Waals surface area contributed by atoms with E-state index in [4.69, 9.17) is 11.6 Å². The third-order valence-corrected chi connectivity index (χ3v) is 2.92. The highest BCUT2D eigenvalue weighted by atomic mass is 19.3. The number of nitrogens with zero attached hydrogens (tertiary/aromatic N) is 2. The molecule has 1 aromatic carbocycles. The van der Waals surface area contributed by atoms with Crippen LogP contribution in [0.25, 0.3) is 0 Å². The van der Waals surface area contributed by atoms with Gasteiger partial charge in [-0.25, -0.2) is 25.1 Å². The van der Waals surface area contributed by atoms with Crippen molar-refractivity contribution in [1.82, 2.24) is 10.5 Å². The molecular formula is C14H16F2N6. The van der Waals surface area contributed by atoms with Crippen molar-refractivity contribution in [2.75, 3.05) is 5.32 Å². The first-order chi connectivity index (χ1) is 10.4. The largest absolute Gasteiger partial charge is 0.382 e. The molecule has 0 saturated carbocycles. The van der Waals surface area contributed by atoms with Crippen molar-refractivity contribution >= 4 is 17.3 Å². The lowest BCUT2D eigenvalue weighted by atomic mass is 10.1. The fraction of sp³-hybridized carbons (Fsp3) is 0.143. The van der Waals surface area contributed by atoms with Crippen LogP contribution in [0, 0.1) is 0 Å². The molecule has 6 N–H and O–H groups in total. The van der Waals surface area contributed by atoms with Gasteiger partial charge in [-0.1, -0.05) is 12.1 Å². The summed E-state index contributed by atoms with van der Waals surface area (Å²) in [5.41, 5.74) is 8.94. The standard InChI is InChI=1S/C14H16F2N6/c1-14(15,16)9-4-6-10(7-5-9)20-13-11(3-2-8-19-13)12(17)21-22-18/h2-8,22H,18H2,1H3,(H2,17,21)(H,19,20). The van der Waals surface area contributed by atoms with Crippen LogP contribution >= 0.6 is 0 Å². The maximum absolute atomic E-state index is 13.2. The summed E-state index contributed by atoms with van der Waals surface area (Å²) in [5, 5.41) is 6.69. The van der Waals surface area contributed by atoms with Crippen molar-refractivity contribution < 1.29 is 8.78 Å². The third-order valence-electron chi connectivity index (χ3n) is 2.92. The second kappa shape index (κ2) is 6.35. The summed E-state index contributed by atoms with van der Waals surface area (Å²) in [6, 6.07) is 9.19. The van der Waals surface area contributed by atoms with E-state index < -0.39 is 5.92 Å². The van der Waals surface area contributed by atoms with Crippen LogP contribution in [0.4, 0.5) is 20.3 Å². The van der Waals surface area contributed by atoms with Crippen molar-refractivity contribution in [3.05, 3.63) is 53.7 Å². The van der Waals surface area contributed by atoms with Crippen LogP contribution in [0.3, 0.4) is 0 Å². The Bertz CT molecular complexity index is 664. The maximum atomic E-state index is 13.2. The minimum absolute atomic E-state index is 0.0623. The molecule has 0 saturated heterocycles. The predicted octanol–water partition coefficient (Wildman–Crippen LogP) is 2.02. The van der Waals surface area contributed by atoms with Gasteiger partial charge in [0.1, 0.15) is 5.82 Å². The van der Waals surface area contributed by atoms with E-state index in [1.807, 2.05) is 0 Å². The van der Waals surface area contributed by atoms with Gasteiger partial charge in [-0.05, 0) is 24.3 Å². The molecule has 0 radical (unpaired) electrons. The molecule has 0 aliphatic carbocycles. The van der Waals surface area contributed by atoms with Gasteiger partial charge in [0, 0.05) is 24.4 Å². The Morgan fingerprint density at radius 3 is 2.50 bits per heavy atom. The van der Waals surface area contributed by atoms with Crippen LogP contribution in [0.2, 0.25) is 0 Å². The second-order valence-electron chi connectivity index (χ2n) is 4.62. The van der Waals surface area contributed by atoms with Crippen LogP contribution in [0.1, 0.15) is 18.1 Å². The SMILES string of the molecule is CC(F)(F)c1ccc(Nc2ncccc2/C(N)=N/NN)cc1. The molecule has 0 spiro atoms. The average Bonchev–Trinajstić information content (AvgIpc) is 2.47. The number of hydrazone groups is 1. The molecule has 0 fully saturated rings. The van der Waals surface area contributed by atoms with Gasteiger partial charge in [-0.2, -0.15) is 0 Å². The van der Waals surface area contributed by atoms with Gasteiger partial charge in [0.15, 0.2) is 5.84 Å². The van der Waals surface area contributed by atoms with Gasteiger partial charge < -0.3 is 11.1 Å². The number of amidine groups is 1. The molecule has 0 aliphatic rings. The number of hydrogen-bond acceptors (Lipinski definition) is 5. The third kappa shape index (κ3) is 3.67. The second-order valence-corrected chi connectivity index (χ2v) is 4.62. The summed E-state index contributed by atoms with van der Waals surface area (Å²) < 4.78 is 26.4. The fourth-order valence-electron chi connectivity index (χ4n) is 1.82. The zero-order valence-electron chi connectivity index (χ0n) is 11.8. The van der Waals surface area contributed by atoms with Gasteiger partial charge in [0.2, 0.25) is 0 Å². The molecule has 0 amide bonds. The first kappa shape index (κ1) is 15.6. The highest BCUT2D eigenvalue weighted by molar-refractivity contribution is 6.01. The summed E-state index contributed by atoms with van der Waals surface area (Å²) in [6.07, 6.45) is 1.57. The molecule has 6 nitrogen and oxygen atoms in total. The zero-order valence-corrected chi connectivity index (χ0v) is 11.8. The minimum atomic E-state index is -2.88. The van der Waals surface area contributed by atoms with Crippen molar-refractivity contribution in [1.29, 1.82) is 0 Å². The van der Waals surface area contributed by atoms with Crippen molar-refractivity contribution in [3.8, 4) is 0 Å². The number of anilines is 2. The molecule has 2 aromatic rings. The molecular weight excluding hydrogens is 290 g/mol. The first-order valence-corrected chi connectivity index (χ1v) is 6.41. The Balaban J connectivity index is 2.26. The van der Waals surface area contributed by atoms with Crippen LogP contribution in [-0.4, -0.2) is 10.8 Å². The summed E-state index contributed by atoms with van der Waals surface area (Å²) >= 11 is 0. The molecule has 2 rings (SSSR count). The maximum Gasteiger partial charge on any atom is 0.270 e. The quantitative estimate of drug-likeness (QED) is 0.293. The van der Waals surface area contributed by atoms with Gasteiger partial charge >= 0.3 is 0 Å². The Labute approximate surface area is 126 Å². The highest BCUT2D eigenvalue weighted by Gasteiger charge is 2.23. The number of hydrazine groups is 1. The first-order valence-electron chi connectivity index (χ1n) is 6.41. The molecule has 0 atom stereocenters. The molecule has 1 aromatic heterocycles. The van der Waals surface area contributed by atoms with E-state index in [0.29, 0.717) is 17.1 Å². The predicted molar refractivity (Wildman–Crippen MR) is 81.6 cm³/mol. The number of benzene rings is 1. The van der Waals surface area contributed by atoms with Gasteiger partial charge in [0.25, 0.3) is 5.92 Å². The lowest BCUT2D eigenvalue weighted by molar-refractivity contribution is 0.0175. The molecule has 8 heteroatoms. The Morgan fingerprint density at radius 2 is 1.91 bits per heavy atom. The zero-order chi connectivity index (χ0) is 16.2. The lowest BCUT2D eigenvalue weighted by Crippen LogP contribution is -2.24. The number of aromatic nitrogens is 1. The number of nitrogens with two attached hydrogens (primary N) is 2. The Hall–Kier alpha value is -2.74. The van der Waals surface area contributed by atoms with E-state index in [1.54, 1.807) is 30.5 Å². The monoisotopic (exact) mass is 306 g/mol. The summed E-state index contributed by atoms with van der Waals surface area (Å²) in [6.45, 7) is 0.850. The van der Waals surface area contributed by atoms with E-state index in [1.165, 1.54) is 12.1 Å². The van der Waals surface area contributed by atoms with Crippen molar-refractivity contribution in [3.63, 3.8) is 0 Å². The number of nitrogens with one attached hydrogen (secondary N) is 2. The van der Waals surface area contributed by atoms with Crippen LogP contribution < -0.4 is 22.4 Å². The molecule has 0 aliphatic heterocycles. The Morgan fingerprint density at radius 1 is 1.23 bits per heavy atom. The van der Waals surface area contributed by atoms with E-state index >= 15 is 0 Å². The normalized spacial score (nSPS) is 12.1. The van der Waals surface area contributed by atoms with Gasteiger partial charge in [-0.3, -0.25) is 0 Å². The minimum Gasteiger partial charge on any atom is -0.382 e. The van der Waals surface area contributed by atoms with Crippen LogP contribution in [0.15, 0.2) is 47.7 Å². The van der Waals surface area contributed by atoms with E-state index in [0.717, 1.165) is 6.92 Å². The van der Waals surface area contributed by atoms with Gasteiger partial charge in [-0.15, -0.1) is 5.10 Å². The van der Waals surface area contributed by atoms with E-state index in [9.17, 15) is 8.78 Å². The topological polar surface area (TPSA) is 101 Å². The van der Waals surface area contributed by atoms with Crippen molar-refractivity contribution in [2.24, 2.45) is 16.7 Å². The smallest absolute Gasteiger partial charge is 0.270 e. The average molecular weight is 306 g/mol. The highest BCUT2D eigenvalue weighted by Crippen LogP contribution is 2.28. The van der Waals surface area contributed by atoms with Crippen LogP contribution in [-0.2, 0) is 5.92 Å². The summed E-state index contributed by atoms with van der Waals surface area (Å²) in [5.74, 6) is 2.81. The number of hydrogen-bond donors (Lipinski definition) is 4. The Kier molecular flexibility index (Phi) is 4.52. The van der Waals surface area contributed by atoms with Crippen molar-refractivity contribution in [2.45, 2.75) is 12.8 Å². The number of pyridine rings is 1.